The molecule has 2 aromatic rings. The fourth-order valence-electron chi connectivity index (χ4n) is 2.64. The van der Waals surface area contributed by atoms with Gasteiger partial charge in [-0.15, -0.1) is 11.3 Å². The number of fused-ring (bicyclic) bond motifs is 1. The lowest BCUT2D eigenvalue weighted by atomic mass is 9.96. The number of hydrogen-bond donors (Lipinski definition) is 0. The van der Waals surface area contributed by atoms with Gasteiger partial charge in [0.2, 0.25) is 0 Å². The molecule has 2 nitrogen and oxygen atoms in total. The number of aryl methyl sites for hydroxylation is 2. The van der Waals surface area contributed by atoms with Gasteiger partial charge in [0.05, 0.1) is 5.56 Å². The molecule has 0 radical (unpaired) electrons. The number of nitriles is 1. The zero-order valence-corrected chi connectivity index (χ0v) is 12.3. The first-order valence-corrected chi connectivity index (χ1v) is 7.75. The fourth-order valence-corrected chi connectivity index (χ4v) is 3.82. The summed E-state index contributed by atoms with van der Waals surface area (Å²) in [6.07, 6.45) is 6.44. The molecular formula is C17H16N2S. The van der Waals surface area contributed by atoms with Crippen molar-refractivity contribution in [1.29, 1.82) is 5.26 Å². The Bertz CT molecular complexity index is 704. The van der Waals surface area contributed by atoms with Crippen LogP contribution in [0.2, 0.25) is 0 Å². The van der Waals surface area contributed by atoms with Gasteiger partial charge < -0.3 is 0 Å². The minimum atomic E-state index is 0.800. The van der Waals surface area contributed by atoms with Crippen molar-refractivity contribution in [3.05, 3.63) is 51.4 Å². The molecule has 0 atom stereocenters. The van der Waals surface area contributed by atoms with Crippen LogP contribution in [0.25, 0.3) is 0 Å². The molecule has 0 spiro atoms. The lowest BCUT2D eigenvalue weighted by Crippen LogP contribution is -1.99. The van der Waals surface area contributed by atoms with E-state index in [0.29, 0.717) is 0 Å². The van der Waals surface area contributed by atoms with Gasteiger partial charge in [0.25, 0.3) is 0 Å². The second-order valence-electron chi connectivity index (χ2n) is 5.18. The average Bonchev–Trinajstić information content (AvgIpc) is 2.82. The van der Waals surface area contributed by atoms with Gasteiger partial charge in [-0.1, -0.05) is 29.8 Å². The maximum atomic E-state index is 9.39. The Hall–Kier alpha value is -1.92. The van der Waals surface area contributed by atoms with Crippen molar-refractivity contribution in [3.8, 4) is 6.07 Å². The molecule has 1 heterocycles. The second kappa shape index (κ2) is 5.60. The average molecular weight is 280 g/mol. The standard InChI is InChI=1S/C17H16N2S/c1-12-5-4-6-13(9-12)11-19-17-15(10-18)14-7-2-3-8-16(14)20-17/h4-6,9,11H,2-3,7-8H2,1H3. The van der Waals surface area contributed by atoms with E-state index in [1.807, 2.05) is 18.3 Å². The summed E-state index contributed by atoms with van der Waals surface area (Å²) in [4.78, 5) is 5.93. The maximum Gasteiger partial charge on any atom is 0.134 e. The number of thiophene rings is 1. The van der Waals surface area contributed by atoms with Crippen LogP contribution in [-0.4, -0.2) is 6.21 Å². The van der Waals surface area contributed by atoms with Gasteiger partial charge in [0, 0.05) is 11.1 Å². The van der Waals surface area contributed by atoms with Crippen LogP contribution in [0.4, 0.5) is 5.00 Å². The lowest BCUT2D eigenvalue weighted by Gasteiger charge is -2.09. The normalized spacial score (nSPS) is 14.2. The third-order valence-corrected chi connectivity index (χ3v) is 4.84. The molecule has 1 aliphatic carbocycles. The summed E-state index contributed by atoms with van der Waals surface area (Å²) in [6, 6.07) is 10.6. The van der Waals surface area contributed by atoms with Crippen molar-refractivity contribution in [2.45, 2.75) is 32.6 Å². The zero-order chi connectivity index (χ0) is 13.9. The minimum Gasteiger partial charge on any atom is -0.244 e. The highest BCUT2D eigenvalue weighted by atomic mass is 32.1. The first kappa shape index (κ1) is 13.1. The SMILES string of the molecule is Cc1cccc(C=Nc2sc3c(c2C#N)CCCC3)c1. The van der Waals surface area contributed by atoms with Crippen LogP contribution in [0, 0.1) is 18.3 Å². The van der Waals surface area contributed by atoms with Gasteiger partial charge in [-0.3, -0.25) is 0 Å². The molecule has 0 saturated carbocycles. The largest absolute Gasteiger partial charge is 0.244 e. The van der Waals surface area contributed by atoms with E-state index in [4.69, 9.17) is 0 Å². The van der Waals surface area contributed by atoms with Gasteiger partial charge in [-0.05, 0) is 43.7 Å². The van der Waals surface area contributed by atoms with E-state index in [0.717, 1.165) is 29.0 Å². The van der Waals surface area contributed by atoms with Crippen molar-refractivity contribution in [3.63, 3.8) is 0 Å². The molecule has 1 aliphatic rings. The molecule has 3 heteroatoms. The van der Waals surface area contributed by atoms with Crippen molar-refractivity contribution < 1.29 is 0 Å². The fraction of sp³-hybridized carbons (Fsp3) is 0.294. The van der Waals surface area contributed by atoms with E-state index < -0.39 is 0 Å². The third kappa shape index (κ3) is 2.52. The van der Waals surface area contributed by atoms with Crippen molar-refractivity contribution in [2.75, 3.05) is 0 Å². The Morgan fingerprint density at radius 3 is 2.95 bits per heavy atom. The topological polar surface area (TPSA) is 36.1 Å². The number of benzene rings is 1. The van der Waals surface area contributed by atoms with Crippen LogP contribution in [0.1, 0.15) is 40.0 Å². The smallest absolute Gasteiger partial charge is 0.134 e. The summed E-state index contributed by atoms with van der Waals surface area (Å²) in [7, 11) is 0. The van der Waals surface area contributed by atoms with E-state index in [1.54, 1.807) is 11.3 Å². The minimum absolute atomic E-state index is 0.800. The van der Waals surface area contributed by atoms with Crippen LogP contribution in [-0.2, 0) is 12.8 Å². The molecule has 3 rings (SSSR count). The first-order chi connectivity index (χ1) is 9.78. The van der Waals surface area contributed by atoms with E-state index in [2.05, 4.69) is 30.1 Å². The Kier molecular flexibility index (Phi) is 3.66. The number of hydrogen-bond acceptors (Lipinski definition) is 3. The Morgan fingerprint density at radius 2 is 2.15 bits per heavy atom. The van der Waals surface area contributed by atoms with Crippen LogP contribution < -0.4 is 0 Å². The molecule has 20 heavy (non-hydrogen) atoms. The Balaban J connectivity index is 1.95. The van der Waals surface area contributed by atoms with Crippen molar-refractivity contribution in [1.82, 2.24) is 0 Å². The Labute approximate surface area is 123 Å². The number of rotatable bonds is 2. The van der Waals surface area contributed by atoms with Gasteiger partial charge in [-0.25, -0.2) is 4.99 Å². The summed E-state index contributed by atoms with van der Waals surface area (Å²) in [5.41, 5.74) is 4.36. The monoisotopic (exact) mass is 280 g/mol. The summed E-state index contributed by atoms with van der Waals surface area (Å²) in [5, 5.41) is 10.3. The van der Waals surface area contributed by atoms with Crippen molar-refractivity contribution >= 4 is 22.6 Å². The molecule has 0 fully saturated rings. The van der Waals surface area contributed by atoms with Gasteiger partial charge in [0.1, 0.15) is 11.1 Å². The van der Waals surface area contributed by atoms with Gasteiger partial charge >= 0.3 is 0 Å². The molecule has 0 bridgehead atoms. The molecule has 0 saturated heterocycles. The third-order valence-electron chi connectivity index (χ3n) is 3.64. The number of aliphatic imine (C=N–C) groups is 1. The predicted octanol–water partition coefficient (Wildman–Crippen LogP) is 4.56. The van der Waals surface area contributed by atoms with Crippen LogP contribution in [0.15, 0.2) is 29.3 Å². The highest BCUT2D eigenvalue weighted by Gasteiger charge is 2.19. The van der Waals surface area contributed by atoms with Crippen molar-refractivity contribution in [2.24, 2.45) is 4.99 Å². The maximum absolute atomic E-state index is 9.39. The molecule has 0 amide bonds. The molecule has 0 aliphatic heterocycles. The lowest BCUT2D eigenvalue weighted by molar-refractivity contribution is 0.696. The Morgan fingerprint density at radius 1 is 1.30 bits per heavy atom. The molecule has 100 valence electrons. The summed E-state index contributed by atoms with van der Waals surface area (Å²) in [6.45, 7) is 2.07. The highest BCUT2D eigenvalue weighted by Crippen LogP contribution is 2.39. The summed E-state index contributed by atoms with van der Waals surface area (Å²) >= 11 is 1.69. The summed E-state index contributed by atoms with van der Waals surface area (Å²) in [5.74, 6) is 0. The van der Waals surface area contributed by atoms with E-state index >= 15 is 0 Å². The van der Waals surface area contributed by atoms with E-state index in [1.165, 1.54) is 28.8 Å². The van der Waals surface area contributed by atoms with E-state index in [-0.39, 0.29) is 0 Å². The van der Waals surface area contributed by atoms with E-state index in [9.17, 15) is 5.26 Å². The summed E-state index contributed by atoms with van der Waals surface area (Å²) < 4.78 is 0. The van der Waals surface area contributed by atoms with Gasteiger partial charge in [-0.2, -0.15) is 5.26 Å². The van der Waals surface area contributed by atoms with Gasteiger partial charge in [0.15, 0.2) is 0 Å². The molecule has 1 aromatic carbocycles. The quantitative estimate of drug-likeness (QED) is 0.743. The molecule has 0 unspecified atom stereocenters. The molecule has 1 aromatic heterocycles. The highest BCUT2D eigenvalue weighted by molar-refractivity contribution is 7.16. The van der Waals surface area contributed by atoms with Crippen LogP contribution >= 0.6 is 11.3 Å². The second-order valence-corrected chi connectivity index (χ2v) is 6.26. The predicted molar refractivity (Wildman–Crippen MR) is 84.1 cm³/mol. The molecule has 0 N–H and O–H groups in total. The zero-order valence-electron chi connectivity index (χ0n) is 11.5. The van der Waals surface area contributed by atoms with Crippen LogP contribution in [0.3, 0.4) is 0 Å². The first-order valence-electron chi connectivity index (χ1n) is 6.93. The number of nitrogens with zero attached hydrogens (tertiary/aromatic N) is 2. The molecular weight excluding hydrogens is 264 g/mol. The van der Waals surface area contributed by atoms with Crippen LogP contribution in [0.5, 0.6) is 0 Å².